The first kappa shape index (κ1) is 10.6. The molecule has 0 aliphatic heterocycles. The third-order valence-electron chi connectivity index (χ3n) is 2.40. The van der Waals surface area contributed by atoms with Crippen LogP contribution in [0.3, 0.4) is 0 Å². The first-order valence-corrected chi connectivity index (χ1v) is 4.81. The molecular formula is C11H15N3. The van der Waals surface area contributed by atoms with Crippen LogP contribution in [0.5, 0.6) is 0 Å². The molecule has 3 nitrogen and oxygen atoms in total. The van der Waals surface area contributed by atoms with Crippen molar-refractivity contribution < 1.29 is 0 Å². The van der Waals surface area contributed by atoms with Gasteiger partial charge in [0.25, 0.3) is 0 Å². The van der Waals surface area contributed by atoms with Crippen molar-refractivity contribution in [3.05, 3.63) is 11.8 Å². The normalized spacial score (nSPS) is 19.3. The maximum Gasteiger partial charge on any atom is 0.114 e. The van der Waals surface area contributed by atoms with Gasteiger partial charge in [0, 0.05) is 6.20 Å². The van der Waals surface area contributed by atoms with Crippen LogP contribution in [-0.4, -0.2) is 13.1 Å². The SMILES string of the molecule is C=NC=N/C=C(\C)C(C#N)CC1CC1. The lowest BCUT2D eigenvalue weighted by atomic mass is 9.97. The van der Waals surface area contributed by atoms with Crippen LogP contribution in [0.25, 0.3) is 0 Å². The molecule has 0 heterocycles. The summed E-state index contributed by atoms with van der Waals surface area (Å²) in [5.74, 6) is 0.786. The van der Waals surface area contributed by atoms with Gasteiger partial charge in [-0.05, 0) is 31.6 Å². The average molecular weight is 189 g/mol. The van der Waals surface area contributed by atoms with E-state index in [9.17, 15) is 0 Å². The van der Waals surface area contributed by atoms with E-state index in [1.807, 2.05) is 6.92 Å². The molecule has 1 fully saturated rings. The van der Waals surface area contributed by atoms with Gasteiger partial charge in [0.1, 0.15) is 6.34 Å². The third-order valence-corrected chi connectivity index (χ3v) is 2.40. The molecule has 14 heavy (non-hydrogen) atoms. The molecule has 1 rings (SSSR count). The molecule has 1 aliphatic carbocycles. The minimum absolute atomic E-state index is 0.0180. The van der Waals surface area contributed by atoms with Crippen molar-refractivity contribution in [1.29, 1.82) is 5.26 Å². The highest BCUT2D eigenvalue weighted by Crippen LogP contribution is 2.36. The fraction of sp³-hybridized carbons (Fsp3) is 0.545. The molecule has 0 amide bonds. The summed E-state index contributed by atoms with van der Waals surface area (Å²) in [5.41, 5.74) is 1.01. The minimum Gasteiger partial charge on any atom is -0.253 e. The van der Waals surface area contributed by atoms with Crippen molar-refractivity contribution in [3.8, 4) is 6.07 Å². The van der Waals surface area contributed by atoms with E-state index in [1.165, 1.54) is 19.2 Å². The van der Waals surface area contributed by atoms with E-state index in [0.717, 1.165) is 17.9 Å². The molecule has 0 bridgehead atoms. The van der Waals surface area contributed by atoms with Gasteiger partial charge in [-0.1, -0.05) is 12.8 Å². The Morgan fingerprint density at radius 2 is 2.43 bits per heavy atom. The lowest BCUT2D eigenvalue weighted by Gasteiger charge is -2.06. The number of rotatable bonds is 5. The summed E-state index contributed by atoms with van der Waals surface area (Å²) < 4.78 is 0. The van der Waals surface area contributed by atoms with Crippen LogP contribution in [0.2, 0.25) is 0 Å². The molecule has 0 radical (unpaired) electrons. The second-order valence-electron chi connectivity index (χ2n) is 3.68. The first-order valence-electron chi connectivity index (χ1n) is 4.81. The Hall–Kier alpha value is -1.43. The average Bonchev–Trinajstić information content (AvgIpc) is 2.98. The number of allylic oxidation sites excluding steroid dienone is 1. The topological polar surface area (TPSA) is 48.5 Å². The third kappa shape index (κ3) is 3.53. The standard InChI is InChI=1S/C11H15N3/c1-9(7-14-8-13-2)11(6-12)5-10-3-4-10/h7-8,10-11H,2-5H2,1H3/b9-7+,14-8?. The van der Waals surface area contributed by atoms with Crippen molar-refractivity contribution in [2.45, 2.75) is 26.2 Å². The molecule has 1 saturated carbocycles. The molecule has 0 saturated heterocycles. The van der Waals surface area contributed by atoms with E-state index < -0.39 is 0 Å². The second kappa shape index (κ2) is 5.33. The second-order valence-corrected chi connectivity index (χ2v) is 3.68. The Labute approximate surface area is 84.9 Å². The monoisotopic (exact) mass is 189 g/mol. The van der Waals surface area contributed by atoms with Gasteiger partial charge in [-0.3, -0.25) is 4.99 Å². The van der Waals surface area contributed by atoms with Crippen molar-refractivity contribution in [3.63, 3.8) is 0 Å². The zero-order valence-corrected chi connectivity index (χ0v) is 8.48. The first-order chi connectivity index (χ1) is 6.77. The van der Waals surface area contributed by atoms with Crippen molar-refractivity contribution in [2.75, 3.05) is 0 Å². The zero-order chi connectivity index (χ0) is 10.4. The molecule has 3 heteroatoms. The number of nitriles is 1. The summed E-state index contributed by atoms with van der Waals surface area (Å²) >= 11 is 0. The van der Waals surface area contributed by atoms with Gasteiger partial charge in [-0.25, -0.2) is 4.99 Å². The highest BCUT2D eigenvalue weighted by Gasteiger charge is 2.25. The number of hydrogen-bond acceptors (Lipinski definition) is 2. The molecule has 1 atom stereocenters. The van der Waals surface area contributed by atoms with E-state index >= 15 is 0 Å². The molecule has 0 N–H and O–H groups in total. The summed E-state index contributed by atoms with van der Waals surface area (Å²) in [5, 5.41) is 8.95. The quantitative estimate of drug-likeness (QED) is 0.484. The van der Waals surface area contributed by atoms with Crippen molar-refractivity contribution in [2.24, 2.45) is 21.8 Å². The molecule has 0 aromatic heterocycles. The maximum atomic E-state index is 8.95. The predicted octanol–water partition coefficient (Wildman–Crippen LogP) is 2.56. The van der Waals surface area contributed by atoms with Gasteiger partial charge in [-0.15, -0.1) is 0 Å². The van der Waals surface area contributed by atoms with Crippen molar-refractivity contribution >= 4 is 13.1 Å². The molecule has 0 spiro atoms. The fourth-order valence-corrected chi connectivity index (χ4v) is 1.32. The van der Waals surface area contributed by atoms with Gasteiger partial charge in [0.15, 0.2) is 0 Å². The Balaban J connectivity index is 2.49. The number of nitrogens with zero attached hydrogens (tertiary/aromatic N) is 3. The molecule has 0 aromatic carbocycles. The summed E-state index contributed by atoms with van der Waals surface area (Å²) in [6, 6.07) is 2.31. The summed E-state index contributed by atoms with van der Waals surface area (Å²) in [6.07, 6.45) is 6.63. The van der Waals surface area contributed by atoms with E-state index in [0.29, 0.717) is 0 Å². The summed E-state index contributed by atoms with van der Waals surface area (Å²) in [4.78, 5) is 7.42. The van der Waals surface area contributed by atoms with Crippen LogP contribution in [0.1, 0.15) is 26.2 Å². The summed E-state index contributed by atoms with van der Waals surface area (Å²) in [6.45, 7) is 5.23. The number of hydrogen-bond donors (Lipinski definition) is 0. The lowest BCUT2D eigenvalue weighted by Crippen LogP contribution is -1.99. The van der Waals surface area contributed by atoms with Crippen LogP contribution in [0, 0.1) is 23.2 Å². The van der Waals surface area contributed by atoms with Crippen LogP contribution >= 0.6 is 0 Å². The Morgan fingerprint density at radius 1 is 1.71 bits per heavy atom. The van der Waals surface area contributed by atoms with Gasteiger partial charge in [-0.2, -0.15) is 5.26 Å². The predicted molar refractivity (Wildman–Crippen MR) is 58.2 cm³/mol. The molecule has 74 valence electrons. The highest BCUT2D eigenvalue weighted by atomic mass is 14.8. The van der Waals surface area contributed by atoms with Crippen LogP contribution in [0.4, 0.5) is 0 Å². The molecule has 1 aliphatic rings. The summed E-state index contributed by atoms with van der Waals surface area (Å²) in [7, 11) is 0. The number of aliphatic imine (C=N–C) groups is 2. The minimum atomic E-state index is 0.0180. The van der Waals surface area contributed by atoms with Crippen molar-refractivity contribution in [1.82, 2.24) is 0 Å². The van der Waals surface area contributed by atoms with Gasteiger partial charge in [0.05, 0.1) is 12.0 Å². The maximum absolute atomic E-state index is 8.95. The van der Waals surface area contributed by atoms with Crippen LogP contribution < -0.4 is 0 Å². The fourth-order valence-electron chi connectivity index (χ4n) is 1.32. The Bertz CT molecular complexity index is 292. The van der Waals surface area contributed by atoms with E-state index in [2.05, 4.69) is 22.8 Å². The van der Waals surface area contributed by atoms with E-state index in [1.54, 1.807) is 6.20 Å². The smallest absolute Gasteiger partial charge is 0.114 e. The van der Waals surface area contributed by atoms with E-state index in [-0.39, 0.29) is 5.92 Å². The molecule has 0 aromatic rings. The van der Waals surface area contributed by atoms with Gasteiger partial charge < -0.3 is 0 Å². The molecular weight excluding hydrogens is 174 g/mol. The zero-order valence-electron chi connectivity index (χ0n) is 8.48. The largest absolute Gasteiger partial charge is 0.253 e. The Morgan fingerprint density at radius 3 is 2.93 bits per heavy atom. The van der Waals surface area contributed by atoms with E-state index in [4.69, 9.17) is 5.26 Å². The van der Waals surface area contributed by atoms with Gasteiger partial charge >= 0.3 is 0 Å². The Kier molecular flexibility index (Phi) is 4.06. The van der Waals surface area contributed by atoms with Crippen LogP contribution in [0.15, 0.2) is 21.8 Å². The van der Waals surface area contributed by atoms with Gasteiger partial charge in [0.2, 0.25) is 0 Å². The lowest BCUT2D eigenvalue weighted by molar-refractivity contribution is 0.621. The highest BCUT2D eigenvalue weighted by molar-refractivity contribution is 5.62. The van der Waals surface area contributed by atoms with Crippen LogP contribution in [-0.2, 0) is 0 Å². The molecule has 1 unspecified atom stereocenters.